The van der Waals surface area contributed by atoms with Crippen LogP contribution in [0, 0.1) is 5.92 Å². The van der Waals surface area contributed by atoms with Crippen LogP contribution in [0.4, 0.5) is 0 Å². The molecular weight excluding hydrogens is 328 g/mol. The zero-order valence-corrected chi connectivity index (χ0v) is 14.2. The smallest absolute Gasteiger partial charge is 0.286 e. The molecule has 3 aromatic rings. The van der Waals surface area contributed by atoms with Gasteiger partial charge < -0.3 is 4.57 Å². The van der Waals surface area contributed by atoms with Crippen LogP contribution in [0.1, 0.15) is 37.9 Å². The first-order chi connectivity index (χ1) is 11.5. The highest BCUT2D eigenvalue weighted by atomic mass is 35.5. The van der Waals surface area contributed by atoms with E-state index >= 15 is 0 Å². The first kappa shape index (κ1) is 15.3. The van der Waals surface area contributed by atoms with Crippen molar-refractivity contribution < 1.29 is 0 Å². The van der Waals surface area contributed by atoms with Crippen molar-refractivity contribution in [3.05, 3.63) is 40.2 Å². The van der Waals surface area contributed by atoms with Gasteiger partial charge in [0.05, 0.1) is 24.4 Å². The molecule has 3 aromatic heterocycles. The number of imidazole rings is 1. The maximum absolute atomic E-state index is 13.0. The van der Waals surface area contributed by atoms with E-state index in [1.54, 1.807) is 27.9 Å². The van der Waals surface area contributed by atoms with Gasteiger partial charge >= 0.3 is 0 Å². The third kappa shape index (κ3) is 2.39. The van der Waals surface area contributed by atoms with Crippen LogP contribution in [0.15, 0.2) is 23.5 Å². The summed E-state index contributed by atoms with van der Waals surface area (Å²) in [5, 5.41) is 0.148. The Hall–Kier alpha value is -2.28. The molecule has 2 atom stereocenters. The zero-order valence-electron chi connectivity index (χ0n) is 13.5. The molecule has 24 heavy (non-hydrogen) atoms. The molecule has 0 aliphatic heterocycles. The molecule has 7 nitrogen and oxygen atoms in total. The van der Waals surface area contributed by atoms with E-state index in [1.165, 1.54) is 0 Å². The number of nitrogens with zero attached hydrogens (tertiary/aromatic N) is 6. The fraction of sp³-hybridized carbons (Fsp3) is 0.438. The predicted molar refractivity (Wildman–Crippen MR) is 90.5 cm³/mol. The van der Waals surface area contributed by atoms with E-state index in [-0.39, 0.29) is 16.8 Å². The summed E-state index contributed by atoms with van der Waals surface area (Å²) in [6, 6.07) is 0. The minimum absolute atomic E-state index is 0.148. The number of fused-ring (bicyclic) bond motifs is 1. The van der Waals surface area contributed by atoms with E-state index in [0.717, 1.165) is 25.1 Å². The highest BCUT2D eigenvalue weighted by Crippen LogP contribution is 2.37. The molecule has 124 valence electrons. The minimum Gasteiger partial charge on any atom is -0.318 e. The lowest BCUT2D eigenvalue weighted by Gasteiger charge is -2.16. The molecule has 1 fully saturated rings. The molecule has 3 heterocycles. The molecule has 1 aliphatic rings. The largest absolute Gasteiger partial charge is 0.318 e. The first-order valence-electron chi connectivity index (χ1n) is 7.96. The Balaban J connectivity index is 2.00. The summed E-state index contributed by atoms with van der Waals surface area (Å²) in [6.45, 7) is 2.23. The van der Waals surface area contributed by atoms with E-state index in [0.29, 0.717) is 22.8 Å². The van der Waals surface area contributed by atoms with Crippen molar-refractivity contribution in [1.82, 2.24) is 29.1 Å². The third-order valence-electron chi connectivity index (χ3n) is 4.69. The van der Waals surface area contributed by atoms with Gasteiger partial charge in [-0.1, -0.05) is 6.92 Å². The summed E-state index contributed by atoms with van der Waals surface area (Å²) in [6.07, 6.45) is 7.89. The quantitative estimate of drug-likeness (QED) is 0.667. The molecule has 0 bridgehead atoms. The molecule has 0 spiro atoms. The van der Waals surface area contributed by atoms with Crippen LogP contribution >= 0.6 is 11.6 Å². The van der Waals surface area contributed by atoms with Gasteiger partial charge in [-0.05, 0) is 36.8 Å². The Morgan fingerprint density at radius 1 is 1.21 bits per heavy atom. The Labute approximate surface area is 143 Å². The van der Waals surface area contributed by atoms with Gasteiger partial charge in [-0.3, -0.25) is 9.36 Å². The molecule has 4 rings (SSSR count). The van der Waals surface area contributed by atoms with E-state index in [2.05, 4.69) is 21.9 Å². The monoisotopic (exact) mass is 344 g/mol. The average molecular weight is 345 g/mol. The molecule has 0 N–H and O–H groups in total. The maximum Gasteiger partial charge on any atom is 0.286 e. The number of aryl methyl sites for hydroxylation is 1. The van der Waals surface area contributed by atoms with Crippen molar-refractivity contribution >= 4 is 22.8 Å². The van der Waals surface area contributed by atoms with E-state index in [1.807, 2.05) is 7.05 Å². The highest BCUT2D eigenvalue weighted by molar-refractivity contribution is 6.28. The van der Waals surface area contributed by atoms with Crippen LogP contribution in [0.25, 0.3) is 16.9 Å². The van der Waals surface area contributed by atoms with E-state index < -0.39 is 0 Å². The maximum atomic E-state index is 13.0. The number of halogens is 1. The highest BCUT2D eigenvalue weighted by Gasteiger charge is 2.29. The van der Waals surface area contributed by atoms with Crippen LogP contribution in [-0.4, -0.2) is 29.1 Å². The lowest BCUT2D eigenvalue weighted by molar-refractivity contribution is 0.576. The first-order valence-corrected chi connectivity index (χ1v) is 8.34. The average Bonchev–Trinajstić information content (AvgIpc) is 3.15. The molecule has 1 aliphatic carbocycles. The van der Waals surface area contributed by atoms with Crippen LogP contribution in [0.2, 0.25) is 5.28 Å². The van der Waals surface area contributed by atoms with Crippen LogP contribution in [0.3, 0.4) is 0 Å². The van der Waals surface area contributed by atoms with Gasteiger partial charge in [0.25, 0.3) is 5.56 Å². The Kier molecular flexibility index (Phi) is 3.60. The SMILES string of the molecule is CC1CCC(c2nc3c(ncn3C)c(=O)n2-c2cnc(Cl)nc2)C1. The molecule has 0 amide bonds. The molecule has 0 radical (unpaired) electrons. The van der Waals surface area contributed by atoms with Gasteiger partial charge in [0, 0.05) is 13.0 Å². The molecule has 2 unspecified atom stereocenters. The van der Waals surface area contributed by atoms with Crippen molar-refractivity contribution in [3.63, 3.8) is 0 Å². The number of hydrogen-bond acceptors (Lipinski definition) is 5. The van der Waals surface area contributed by atoms with Crippen molar-refractivity contribution in [3.8, 4) is 5.69 Å². The summed E-state index contributed by atoms with van der Waals surface area (Å²) in [4.78, 5) is 30.0. The number of hydrogen-bond donors (Lipinski definition) is 0. The lowest BCUT2D eigenvalue weighted by atomic mass is 10.0. The molecule has 0 saturated heterocycles. The van der Waals surface area contributed by atoms with Crippen molar-refractivity contribution in [2.24, 2.45) is 13.0 Å². The van der Waals surface area contributed by atoms with Gasteiger partial charge in [0.1, 0.15) is 5.82 Å². The predicted octanol–water partition coefficient (Wildman–Crippen LogP) is 2.47. The molecular formula is C16H17ClN6O. The molecule has 0 aromatic carbocycles. The minimum atomic E-state index is -0.193. The Bertz CT molecular complexity index is 961. The van der Waals surface area contributed by atoms with Crippen molar-refractivity contribution in [2.45, 2.75) is 32.1 Å². The van der Waals surface area contributed by atoms with Gasteiger partial charge in [-0.15, -0.1) is 0 Å². The summed E-state index contributed by atoms with van der Waals surface area (Å²) in [7, 11) is 1.85. The standard InChI is InChI=1S/C16H17ClN6O/c1-9-3-4-10(5-9)13-21-14-12(20-8-22(14)2)15(24)23(13)11-6-18-16(17)19-7-11/h6-10H,3-5H2,1-2H3. The number of aromatic nitrogens is 6. The van der Waals surface area contributed by atoms with E-state index in [4.69, 9.17) is 16.6 Å². The summed E-state index contributed by atoms with van der Waals surface area (Å²) in [5.41, 5.74) is 1.34. The van der Waals surface area contributed by atoms with Crippen LogP contribution < -0.4 is 5.56 Å². The van der Waals surface area contributed by atoms with Crippen LogP contribution in [-0.2, 0) is 7.05 Å². The topological polar surface area (TPSA) is 78.5 Å². The number of rotatable bonds is 2. The summed E-state index contributed by atoms with van der Waals surface area (Å²) >= 11 is 5.78. The van der Waals surface area contributed by atoms with Crippen molar-refractivity contribution in [1.29, 1.82) is 0 Å². The van der Waals surface area contributed by atoms with E-state index in [9.17, 15) is 4.79 Å². The zero-order chi connectivity index (χ0) is 16.8. The summed E-state index contributed by atoms with van der Waals surface area (Å²) < 4.78 is 3.37. The Morgan fingerprint density at radius 3 is 2.62 bits per heavy atom. The van der Waals surface area contributed by atoms with Gasteiger partial charge in [-0.2, -0.15) is 0 Å². The van der Waals surface area contributed by atoms with Crippen LogP contribution in [0.5, 0.6) is 0 Å². The Morgan fingerprint density at radius 2 is 1.96 bits per heavy atom. The van der Waals surface area contributed by atoms with Gasteiger partial charge in [0.2, 0.25) is 5.28 Å². The van der Waals surface area contributed by atoms with Gasteiger partial charge in [-0.25, -0.2) is 19.9 Å². The molecule has 1 saturated carbocycles. The summed E-state index contributed by atoms with van der Waals surface area (Å²) in [5.74, 6) is 1.62. The normalized spacial score (nSPS) is 20.8. The van der Waals surface area contributed by atoms with Gasteiger partial charge in [0.15, 0.2) is 11.2 Å². The molecule has 8 heteroatoms. The lowest BCUT2D eigenvalue weighted by Crippen LogP contribution is -2.26. The fourth-order valence-electron chi connectivity index (χ4n) is 3.46. The second kappa shape index (κ2) is 5.66. The third-order valence-corrected chi connectivity index (χ3v) is 4.88. The van der Waals surface area contributed by atoms with Crippen molar-refractivity contribution in [2.75, 3.05) is 0 Å². The fourth-order valence-corrected chi connectivity index (χ4v) is 3.56. The second-order valence-corrected chi connectivity index (χ2v) is 6.80. The second-order valence-electron chi connectivity index (χ2n) is 6.46.